The van der Waals surface area contributed by atoms with Gasteiger partial charge in [0.25, 0.3) is 0 Å². The molecule has 0 heterocycles. The summed E-state index contributed by atoms with van der Waals surface area (Å²) < 4.78 is 10.8. The minimum absolute atomic E-state index is 0.221. The highest BCUT2D eigenvalue weighted by Crippen LogP contribution is 2.28. The third-order valence-electron chi connectivity index (χ3n) is 3.09. The van der Waals surface area contributed by atoms with Crippen LogP contribution in [0.4, 0.5) is 0 Å². The Hall–Kier alpha value is -1.26. The second kappa shape index (κ2) is 8.77. The van der Waals surface area contributed by atoms with Crippen LogP contribution in [0.1, 0.15) is 32.3 Å². The van der Waals surface area contributed by atoms with Gasteiger partial charge in [-0.1, -0.05) is 13.0 Å². The van der Waals surface area contributed by atoms with E-state index in [0.717, 1.165) is 36.4 Å². The summed E-state index contributed by atoms with van der Waals surface area (Å²) in [6, 6.07) is 6.30. The largest absolute Gasteiger partial charge is 0.493 e. The van der Waals surface area contributed by atoms with E-state index in [-0.39, 0.29) is 6.61 Å². The van der Waals surface area contributed by atoms with Crippen molar-refractivity contribution in [1.82, 2.24) is 5.32 Å². The number of hydrogen-bond acceptors (Lipinski definition) is 4. The maximum Gasteiger partial charge on any atom is 0.161 e. The number of benzene rings is 1. The lowest BCUT2D eigenvalue weighted by Crippen LogP contribution is -2.28. The molecule has 1 unspecified atom stereocenters. The van der Waals surface area contributed by atoms with Gasteiger partial charge in [-0.05, 0) is 37.5 Å². The Morgan fingerprint density at radius 3 is 2.63 bits per heavy atom. The molecule has 0 aliphatic carbocycles. The van der Waals surface area contributed by atoms with E-state index in [9.17, 15) is 0 Å². The quantitative estimate of drug-likeness (QED) is 0.721. The third kappa shape index (κ3) is 5.09. The number of hydrogen-bond donors (Lipinski definition) is 2. The maximum absolute atomic E-state index is 8.97. The van der Waals surface area contributed by atoms with E-state index in [1.54, 1.807) is 7.11 Å². The van der Waals surface area contributed by atoms with Crippen LogP contribution in [0.5, 0.6) is 11.5 Å². The van der Waals surface area contributed by atoms with Crippen molar-refractivity contribution < 1.29 is 14.6 Å². The average Bonchev–Trinajstić information content (AvgIpc) is 2.44. The first kappa shape index (κ1) is 15.8. The molecule has 4 heteroatoms. The number of aliphatic hydroxyl groups excluding tert-OH is 1. The van der Waals surface area contributed by atoms with Crippen LogP contribution in [-0.2, 0) is 6.54 Å². The summed E-state index contributed by atoms with van der Waals surface area (Å²) in [5.74, 6) is 1.53. The fraction of sp³-hybridized carbons (Fsp3) is 0.600. The van der Waals surface area contributed by atoms with E-state index in [0.29, 0.717) is 12.6 Å². The van der Waals surface area contributed by atoms with Gasteiger partial charge in [0.1, 0.15) is 0 Å². The van der Waals surface area contributed by atoms with Gasteiger partial charge in [-0.2, -0.15) is 0 Å². The number of aliphatic hydroxyl groups is 1. The molecule has 1 aromatic carbocycles. The van der Waals surface area contributed by atoms with Crippen molar-refractivity contribution in [2.45, 2.75) is 39.3 Å². The summed E-state index contributed by atoms with van der Waals surface area (Å²) in [5.41, 5.74) is 1.15. The molecule has 0 radical (unpaired) electrons. The summed E-state index contributed by atoms with van der Waals surface area (Å²) in [7, 11) is 1.64. The topological polar surface area (TPSA) is 50.7 Å². The number of nitrogens with one attached hydrogen (secondary N) is 1. The smallest absolute Gasteiger partial charge is 0.161 e. The number of ether oxygens (including phenoxy) is 2. The number of rotatable bonds is 9. The molecule has 0 spiro atoms. The summed E-state index contributed by atoms with van der Waals surface area (Å²) in [6.07, 6.45) is 1.79. The van der Waals surface area contributed by atoms with E-state index in [4.69, 9.17) is 14.6 Å². The number of methoxy groups -OCH3 is 1. The van der Waals surface area contributed by atoms with Crippen molar-refractivity contribution in [1.29, 1.82) is 0 Å². The highest BCUT2D eigenvalue weighted by molar-refractivity contribution is 5.42. The fourth-order valence-corrected chi connectivity index (χ4v) is 1.97. The van der Waals surface area contributed by atoms with Gasteiger partial charge in [0, 0.05) is 19.2 Å². The SMILES string of the molecule is CCOc1cc(CNC(CC)CCO)ccc1OC. The highest BCUT2D eigenvalue weighted by atomic mass is 16.5. The molecule has 0 aromatic heterocycles. The summed E-state index contributed by atoms with van der Waals surface area (Å²) >= 11 is 0. The predicted molar refractivity (Wildman–Crippen MR) is 76.8 cm³/mol. The van der Waals surface area contributed by atoms with Crippen LogP contribution in [0, 0.1) is 0 Å². The molecule has 19 heavy (non-hydrogen) atoms. The molecule has 1 rings (SSSR count). The van der Waals surface area contributed by atoms with Crippen LogP contribution in [-0.4, -0.2) is 31.5 Å². The summed E-state index contributed by atoms with van der Waals surface area (Å²) in [4.78, 5) is 0. The Kier molecular flexibility index (Phi) is 7.30. The maximum atomic E-state index is 8.97. The Bertz CT molecular complexity index is 368. The van der Waals surface area contributed by atoms with Gasteiger partial charge < -0.3 is 19.9 Å². The van der Waals surface area contributed by atoms with E-state index in [1.807, 2.05) is 25.1 Å². The van der Waals surface area contributed by atoms with Gasteiger partial charge in [0.05, 0.1) is 13.7 Å². The lowest BCUT2D eigenvalue weighted by molar-refractivity contribution is 0.262. The first-order valence-corrected chi connectivity index (χ1v) is 6.89. The molecule has 2 N–H and O–H groups in total. The molecule has 0 aliphatic heterocycles. The van der Waals surface area contributed by atoms with E-state index in [1.165, 1.54) is 0 Å². The molecule has 4 nitrogen and oxygen atoms in total. The zero-order chi connectivity index (χ0) is 14.1. The standard InChI is InChI=1S/C15H25NO3/c1-4-13(8-9-17)16-11-12-6-7-14(18-3)15(10-12)19-5-2/h6-7,10,13,16-17H,4-5,8-9,11H2,1-3H3. The van der Waals surface area contributed by atoms with E-state index >= 15 is 0 Å². The lowest BCUT2D eigenvalue weighted by atomic mass is 10.1. The minimum atomic E-state index is 0.221. The highest BCUT2D eigenvalue weighted by Gasteiger charge is 2.08. The van der Waals surface area contributed by atoms with Crippen molar-refractivity contribution in [3.63, 3.8) is 0 Å². The molecule has 1 aromatic rings. The monoisotopic (exact) mass is 267 g/mol. The second-order valence-corrected chi connectivity index (χ2v) is 4.42. The molecule has 1 atom stereocenters. The Balaban J connectivity index is 2.65. The lowest BCUT2D eigenvalue weighted by Gasteiger charge is -2.16. The molecule has 0 amide bonds. The van der Waals surface area contributed by atoms with Crippen molar-refractivity contribution in [2.24, 2.45) is 0 Å². The Labute approximate surface area is 115 Å². The third-order valence-corrected chi connectivity index (χ3v) is 3.09. The van der Waals surface area contributed by atoms with Gasteiger partial charge in [0.15, 0.2) is 11.5 Å². The van der Waals surface area contributed by atoms with Crippen LogP contribution in [0.25, 0.3) is 0 Å². The first-order chi connectivity index (χ1) is 9.24. The molecule has 0 fully saturated rings. The van der Waals surface area contributed by atoms with Crippen LogP contribution in [0.2, 0.25) is 0 Å². The van der Waals surface area contributed by atoms with Gasteiger partial charge in [0.2, 0.25) is 0 Å². The second-order valence-electron chi connectivity index (χ2n) is 4.42. The van der Waals surface area contributed by atoms with Crippen LogP contribution < -0.4 is 14.8 Å². The van der Waals surface area contributed by atoms with Gasteiger partial charge in [-0.3, -0.25) is 0 Å². The van der Waals surface area contributed by atoms with Crippen molar-refractivity contribution in [3.8, 4) is 11.5 Å². The zero-order valence-electron chi connectivity index (χ0n) is 12.1. The normalized spacial score (nSPS) is 12.2. The van der Waals surface area contributed by atoms with E-state index in [2.05, 4.69) is 12.2 Å². The van der Waals surface area contributed by atoms with Crippen LogP contribution in [0.3, 0.4) is 0 Å². The van der Waals surface area contributed by atoms with Crippen LogP contribution in [0.15, 0.2) is 18.2 Å². The van der Waals surface area contributed by atoms with E-state index < -0.39 is 0 Å². The molecular formula is C15H25NO3. The Morgan fingerprint density at radius 1 is 1.26 bits per heavy atom. The zero-order valence-corrected chi connectivity index (χ0v) is 12.1. The molecule has 0 saturated heterocycles. The van der Waals surface area contributed by atoms with Gasteiger partial charge in [-0.25, -0.2) is 0 Å². The summed E-state index contributed by atoms with van der Waals surface area (Å²) in [6.45, 7) is 5.68. The predicted octanol–water partition coefficient (Wildman–Crippen LogP) is 2.34. The molecular weight excluding hydrogens is 242 g/mol. The fourth-order valence-electron chi connectivity index (χ4n) is 1.97. The molecule has 0 bridgehead atoms. The average molecular weight is 267 g/mol. The van der Waals surface area contributed by atoms with Gasteiger partial charge in [-0.15, -0.1) is 0 Å². The van der Waals surface area contributed by atoms with Crippen molar-refractivity contribution in [3.05, 3.63) is 23.8 Å². The molecule has 0 aliphatic rings. The Morgan fingerprint density at radius 2 is 2.05 bits per heavy atom. The van der Waals surface area contributed by atoms with Crippen molar-refractivity contribution >= 4 is 0 Å². The van der Waals surface area contributed by atoms with Gasteiger partial charge >= 0.3 is 0 Å². The van der Waals surface area contributed by atoms with Crippen LogP contribution >= 0.6 is 0 Å². The first-order valence-electron chi connectivity index (χ1n) is 6.89. The minimum Gasteiger partial charge on any atom is -0.493 e. The molecule has 108 valence electrons. The molecule has 0 saturated carbocycles. The van der Waals surface area contributed by atoms with Crippen molar-refractivity contribution in [2.75, 3.05) is 20.3 Å². The summed E-state index contributed by atoms with van der Waals surface area (Å²) in [5, 5.41) is 12.4.